The second-order valence-corrected chi connectivity index (χ2v) is 15.3. The quantitative estimate of drug-likeness (QED) is 0.0623. The normalized spacial score (nSPS) is 23.8. The highest BCUT2D eigenvalue weighted by molar-refractivity contribution is 6.03. The van der Waals surface area contributed by atoms with E-state index in [0.717, 1.165) is 48.1 Å². The van der Waals surface area contributed by atoms with Crippen LogP contribution < -0.4 is 9.47 Å². The minimum Gasteiger partial charge on any atom is -0.489 e. The summed E-state index contributed by atoms with van der Waals surface area (Å²) in [4.78, 5) is 22.0. The summed E-state index contributed by atoms with van der Waals surface area (Å²) in [6.45, 7) is 9.14. The standard InChI is InChI=1S/C47H59FN2O8/c1-4-24-50(46(53)55-31-33-16-8-7-9-17-33)43-30-41(49-57-6-3)38-28-34(18-12-14-25-51)37(20-13-15-26-52)44-39-29-36(54-32-35-19-10-11-21-40(35)48)22-23-42(39)58-47(43,45(38)44)56-27-5-2/h5,7-11,16-17,19,21-23,28-29,34,37,43-45,51-52H,2,4,6,12-15,18,20,24-27,30-32H2,1,3H3. The lowest BCUT2D eigenvalue weighted by atomic mass is 9.55. The molecule has 3 aromatic rings. The number of fused-ring (bicyclic) bond motifs is 2. The number of amides is 1. The third-order valence-corrected chi connectivity index (χ3v) is 11.6. The van der Waals surface area contributed by atoms with Gasteiger partial charge >= 0.3 is 6.09 Å². The lowest BCUT2D eigenvalue weighted by molar-refractivity contribution is -0.255. The number of hydrogen-bond donors (Lipinski definition) is 2. The first kappa shape index (κ1) is 42.9. The SMILES string of the molecule is C=CCOC12Oc3ccc(OCc4ccccc4F)cc3C3C(CCCCO)C(CCCCO)C=C(C(=NOCC)CC1N(CCC)C(=O)OCc1ccccc1)C32. The molecule has 312 valence electrons. The molecule has 3 aliphatic rings. The van der Waals surface area contributed by atoms with Crippen LogP contribution >= 0.6 is 0 Å². The Morgan fingerprint density at radius 1 is 1.00 bits per heavy atom. The van der Waals surface area contributed by atoms with Gasteiger partial charge in [-0.15, -0.1) is 6.58 Å². The summed E-state index contributed by atoms with van der Waals surface area (Å²) in [6.07, 6.45) is 9.03. The van der Waals surface area contributed by atoms with Gasteiger partial charge in [0.1, 0.15) is 43.2 Å². The van der Waals surface area contributed by atoms with Gasteiger partial charge in [0.05, 0.1) is 18.2 Å². The molecular formula is C47H59FN2O8. The molecule has 0 bridgehead atoms. The van der Waals surface area contributed by atoms with Gasteiger partial charge in [-0.2, -0.15) is 0 Å². The average molecular weight is 799 g/mol. The van der Waals surface area contributed by atoms with E-state index < -0.39 is 23.8 Å². The monoisotopic (exact) mass is 798 g/mol. The number of aliphatic hydroxyl groups is 2. The van der Waals surface area contributed by atoms with Gasteiger partial charge in [-0.3, -0.25) is 4.90 Å². The molecule has 6 rings (SSSR count). The molecular weight excluding hydrogens is 740 g/mol. The number of benzene rings is 3. The summed E-state index contributed by atoms with van der Waals surface area (Å²) >= 11 is 0. The van der Waals surface area contributed by atoms with Crippen LogP contribution in [0.4, 0.5) is 9.18 Å². The molecule has 0 aromatic heterocycles. The van der Waals surface area contributed by atoms with E-state index in [4.69, 9.17) is 28.9 Å². The van der Waals surface area contributed by atoms with Crippen molar-refractivity contribution < 1.29 is 43.2 Å². The van der Waals surface area contributed by atoms with Crippen LogP contribution in [0.1, 0.15) is 87.8 Å². The van der Waals surface area contributed by atoms with Gasteiger partial charge in [-0.1, -0.05) is 85.6 Å². The van der Waals surface area contributed by atoms with E-state index >= 15 is 0 Å². The average Bonchev–Trinajstić information content (AvgIpc) is 3.24. The molecule has 1 saturated carbocycles. The third-order valence-electron chi connectivity index (χ3n) is 11.6. The fraction of sp³-hybridized carbons (Fsp3) is 0.489. The number of carbonyl (C=O) groups is 1. The Labute approximate surface area is 342 Å². The number of aliphatic hydroxyl groups excluding tert-OH is 2. The van der Waals surface area contributed by atoms with Crippen LogP contribution in [0.2, 0.25) is 0 Å². The van der Waals surface area contributed by atoms with E-state index in [0.29, 0.717) is 49.5 Å². The molecule has 11 heteroatoms. The van der Waals surface area contributed by atoms with Crippen molar-refractivity contribution in [3.63, 3.8) is 0 Å². The van der Waals surface area contributed by atoms with E-state index in [9.17, 15) is 19.4 Å². The number of oxime groups is 1. The summed E-state index contributed by atoms with van der Waals surface area (Å²) < 4.78 is 41.3. The zero-order valence-electron chi connectivity index (χ0n) is 33.9. The Morgan fingerprint density at radius 2 is 1.76 bits per heavy atom. The van der Waals surface area contributed by atoms with Crippen LogP contribution in [0.5, 0.6) is 11.5 Å². The predicted molar refractivity (Wildman–Crippen MR) is 221 cm³/mol. The molecule has 0 radical (unpaired) electrons. The van der Waals surface area contributed by atoms with Crippen molar-refractivity contribution in [1.29, 1.82) is 0 Å². The van der Waals surface area contributed by atoms with Crippen molar-refractivity contribution in [2.24, 2.45) is 22.9 Å². The second kappa shape index (κ2) is 20.8. The maximum Gasteiger partial charge on any atom is 0.410 e. The fourth-order valence-corrected chi connectivity index (χ4v) is 9.07. The highest BCUT2D eigenvalue weighted by Gasteiger charge is 2.65. The molecule has 6 atom stereocenters. The van der Waals surface area contributed by atoms with Crippen molar-refractivity contribution in [1.82, 2.24) is 4.90 Å². The maximum absolute atomic E-state index is 14.7. The highest BCUT2D eigenvalue weighted by atomic mass is 19.1. The lowest BCUT2D eigenvalue weighted by Gasteiger charge is -2.59. The first-order valence-corrected chi connectivity index (χ1v) is 20.9. The summed E-state index contributed by atoms with van der Waals surface area (Å²) in [5, 5.41) is 24.5. The van der Waals surface area contributed by atoms with Gasteiger partial charge in [0.25, 0.3) is 0 Å². The minimum atomic E-state index is -1.40. The molecule has 1 heterocycles. The number of carbonyl (C=O) groups excluding carboxylic acids is 1. The van der Waals surface area contributed by atoms with Gasteiger partial charge in [0.15, 0.2) is 0 Å². The summed E-state index contributed by atoms with van der Waals surface area (Å²) in [5.41, 5.74) is 3.91. The largest absolute Gasteiger partial charge is 0.489 e. The third kappa shape index (κ3) is 9.59. The molecule has 1 amide bonds. The van der Waals surface area contributed by atoms with Gasteiger partial charge in [-0.05, 0) is 86.3 Å². The second-order valence-electron chi connectivity index (χ2n) is 15.3. The highest BCUT2D eigenvalue weighted by Crippen LogP contribution is 2.62. The Kier molecular flexibility index (Phi) is 15.4. The topological polar surface area (TPSA) is 119 Å². The van der Waals surface area contributed by atoms with Gasteiger partial charge in [0, 0.05) is 43.2 Å². The van der Waals surface area contributed by atoms with Gasteiger partial charge in [0.2, 0.25) is 5.79 Å². The van der Waals surface area contributed by atoms with E-state index in [2.05, 4.69) is 12.7 Å². The Hall–Kier alpha value is -4.71. The number of rotatable bonds is 21. The predicted octanol–water partition coefficient (Wildman–Crippen LogP) is 9.11. The Morgan fingerprint density at radius 3 is 2.48 bits per heavy atom. The molecule has 2 N–H and O–H groups in total. The van der Waals surface area contributed by atoms with Crippen molar-refractivity contribution in [3.8, 4) is 11.5 Å². The van der Waals surface area contributed by atoms with E-state index in [1.54, 1.807) is 29.2 Å². The van der Waals surface area contributed by atoms with Crippen molar-refractivity contribution in [2.45, 2.75) is 96.2 Å². The molecule has 2 aliphatic carbocycles. The zero-order chi connectivity index (χ0) is 40.9. The lowest BCUT2D eigenvalue weighted by Crippen LogP contribution is -2.70. The number of ether oxygens (including phenoxy) is 4. The summed E-state index contributed by atoms with van der Waals surface area (Å²) in [5.74, 6) is -1.11. The number of nitrogens with zero attached hydrogens (tertiary/aromatic N) is 2. The van der Waals surface area contributed by atoms with Crippen molar-refractivity contribution in [2.75, 3.05) is 33.0 Å². The zero-order valence-corrected chi connectivity index (χ0v) is 33.9. The molecule has 1 fully saturated rings. The van der Waals surface area contributed by atoms with Crippen LogP contribution in [-0.2, 0) is 27.5 Å². The van der Waals surface area contributed by atoms with Crippen LogP contribution in [0.3, 0.4) is 0 Å². The first-order valence-electron chi connectivity index (χ1n) is 20.9. The maximum atomic E-state index is 14.7. The van der Waals surface area contributed by atoms with Crippen LogP contribution in [0.25, 0.3) is 0 Å². The van der Waals surface area contributed by atoms with E-state index in [1.165, 1.54) is 6.07 Å². The smallest absolute Gasteiger partial charge is 0.410 e. The number of hydrogen-bond acceptors (Lipinski definition) is 9. The van der Waals surface area contributed by atoms with E-state index in [-0.39, 0.29) is 63.0 Å². The van der Waals surface area contributed by atoms with Crippen molar-refractivity contribution >= 4 is 11.8 Å². The summed E-state index contributed by atoms with van der Waals surface area (Å²) in [7, 11) is 0. The Bertz CT molecular complexity index is 1870. The molecule has 0 spiro atoms. The molecule has 6 unspecified atom stereocenters. The molecule has 1 aliphatic heterocycles. The van der Waals surface area contributed by atoms with E-state index in [1.807, 2.05) is 62.4 Å². The first-order chi connectivity index (χ1) is 28.4. The summed E-state index contributed by atoms with van der Waals surface area (Å²) in [6, 6.07) is 21.2. The number of unbranched alkanes of at least 4 members (excludes halogenated alkanes) is 2. The van der Waals surface area contributed by atoms with Crippen LogP contribution in [0, 0.1) is 23.6 Å². The van der Waals surface area contributed by atoms with Gasteiger partial charge < -0.3 is 34.0 Å². The minimum absolute atomic E-state index is 0.0476. The van der Waals surface area contributed by atoms with Gasteiger partial charge in [-0.25, -0.2) is 9.18 Å². The van der Waals surface area contributed by atoms with Crippen LogP contribution in [0.15, 0.2) is 102 Å². The molecule has 3 aromatic carbocycles. The fourth-order valence-electron chi connectivity index (χ4n) is 9.07. The van der Waals surface area contributed by atoms with Crippen molar-refractivity contribution in [3.05, 3.63) is 120 Å². The molecule has 58 heavy (non-hydrogen) atoms. The molecule has 10 nitrogen and oxygen atoms in total. The number of halogens is 1. The number of allylic oxidation sites excluding steroid dienone is 1. The Balaban J connectivity index is 1.52. The molecule has 0 saturated heterocycles. The van der Waals surface area contributed by atoms with Crippen LogP contribution in [-0.4, -0.2) is 71.7 Å².